The lowest BCUT2D eigenvalue weighted by Gasteiger charge is -2.48. The van der Waals surface area contributed by atoms with Crippen LogP contribution in [0.2, 0.25) is 0 Å². The molecule has 0 aromatic heterocycles. The van der Waals surface area contributed by atoms with Gasteiger partial charge in [0.1, 0.15) is 0 Å². The first-order chi connectivity index (χ1) is 7.18. The molecule has 1 aliphatic carbocycles. The summed E-state index contributed by atoms with van der Waals surface area (Å²) in [7, 11) is 0. The van der Waals surface area contributed by atoms with Crippen LogP contribution in [0.15, 0.2) is 0 Å². The molecule has 0 aliphatic heterocycles. The van der Waals surface area contributed by atoms with Crippen LogP contribution in [0.5, 0.6) is 0 Å². The fraction of sp³-hybridized carbons (Fsp3) is 1.00. The Morgan fingerprint density at radius 2 is 1.56 bits per heavy atom. The van der Waals surface area contributed by atoms with Gasteiger partial charge < -0.3 is 10.2 Å². The molecule has 96 valence electrons. The summed E-state index contributed by atoms with van der Waals surface area (Å²) in [5.41, 5.74) is -1.37. The van der Waals surface area contributed by atoms with Gasteiger partial charge in [0.25, 0.3) is 0 Å². The van der Waals surface area contributed by atoms with E-state index in [1.54, 1.807) is 0 Å². The second-order valence-corrected chi connectivity index (χ2v) is 6.54. The Morgan fingerprint density at radius 3 is 1.94 bits per heavy atom. The standard InChI is InChI=1S/C14H28O2/c1-6-10-8-7-9-11(13(2,3)15)12(10)14(4,5)16/h10-12,15-16H,6-9H2,1-5H3/t10?,11-,12?/m1/s1. The monoisotopic (exact) mass is 228 g/mol. The Bertz CT molecular complexity index is 222. The quantitative estimate of drug-likeness (QED) is 0.779. The van der Waals surface area contributed by atoms with Crippen molar-refractivity contribution in [3.05, 3.63) is 0 Å². The van der Waals surface area contributed by atoms with Crippen molar-refractivity contribution >= 4 is 0 Å². The van der Waals surface area contributed by atoms with Crippen LogP contribution in [0.3, 0.4) is 0 Å². The lowest BCUT2D eigenvalue weighted by molar-refractivity contribution is -0.120. The maximum atomic E-state index is 10.4. The van der Waals surface area contributed by atoms with Gasteiger partial charge in [0, 0.05) is 0 Å². The number of aliphatic hydroxyl groups is 2. The van der Waals surface area contributed by atoms with E-state index in [9.17, 15) is 10.2 Å². The number of hydrogen-bond donors (Lipinski definition) is 2. The molecule has 0 heterocycles. The molecule has 1 aliphatic rings. The molecule has 2 N–H and O–H groups in total. The molecule has 0 bridgehead atoms. The van der Waals surface area contributed by atoms with Gasteiger partial charge in [-0.25, -0.2) is 0 Å². The highest BCUT2D eigenvalue weighted by Gasteiger charge is 2.46. The van der Waals surface area contributed by atoms with Crippen molar-refractivity contribution in [2.75, 3.05) is 0 Å². The number of rotatable bonds is 3. The maximum absolute atomic E-state index is 10.4. The molecule has 0 saturated heterocycles. The third-order valence-corrected chi connectivity index (χ3v) is 4.28. The average molecular weight is 228 g/mol. The second-order valence-electron chi connectivity index (χ2n) is 6.54. The zero-order valence-corrected chi connectivity index (χ0v) is 11.5. The normalized spacial score (nSPS) is 32.8. The summed E-state index contributed by atoms with van der Waals surface area (Å²) in [6.07, 6.45) is 4.51. The van der Waals surface area contributed by atoms with Gasteiger partial charge in [-0.2, -0.15) is 0 Å². The van der Waals surface area contributed by atoms with E-state index in [0.29, 0.717) is 5.92 Å². The van der Waals surface area contributed by atoms with Crippen LogP contribution in [-0.4, -0.2) is 21.4 Å². The minimum Gasteiger partial charge on any atom is -0.390 e. The topological polar surface area (TPSA) is 40.5 Å². The lowest BCUT2D eigenvalue weighted by atomic mass is 9.60. The van der Waals surface area contributed by atoms with Crippen LogP contribution in [0.4, 0.5) is 0 Å². The van der Waals surface area contributed by atoms with E-state index < -0.39 is 11.2 Å². The lowest BCUT2D eigenvalue weighted by Crippen LogP contribution is -2.50. The summed E-state index contributed by atoms with van der Waals surface area (Å²) in [5.74, 6) is 0.975. The average Bonchev–Trinajstić information content (AvgIpc) is 2.13. The zero-order valence-electron chi connectivity index (χ0n) is 11.5. The van der Waals surface area contributed by atoms with E-state index in [1.165, 1.54) is 12.8 Å². The minimum atomic E-state index is -0.689. The van der Waals surface area contributed by atoms with Crippen molar-refractivity contribution in [3.63, 3.8) is 0 Å². The zero-order chi connectivity index (χ0) is 12.6. The van der Waals surface area contributed by atoms with Gasteiger partial charge in [-0.05, 0) is 51.9 Å². The Balaban J connectivity index is 2.97. The van der Waals surface area contributed by atoms with Gasteiger partial charge in [-0.3, -0.25) is 0 Å². The molecule has 3 atom stereocenters. The molecular formula is C14H28O2. The van der Waals surface area contributed by atoms with Crippen molar-refractivity contribution < 1.29 is 10.2 Å². The molecular weight excluding hydrogens is 200 g/mol. The summed E-state index contributed by atoms with van der Waals surface area (Å²) in [4.78, 5) is 0. The third kappa shape index (κ3) is 2.98. The summed E-state index contributed by atoms with van der Waals surface area (Å²) < 4.78 is 0. The van der Waals surface area contributed by atoms with E-state index in [1.807, 2.05) is 27.7 Å². The van der Waals surface area contributed by atoms with Crippen molar-refractivity contribution in [2.24, 2.45) is 17.8 Å². The van der Waals surface area contributed by atoms with Crippen molar-refractivity contribution in [1.82, 2.24) is 0 Å². The minimum absolute atomic E-state index is 0.214. The Kier molecular flexibility index (Phi) is 4.07. The molecule has 1 saturated carbocycles. The molecule has 0 aromatic carbocycles. The smallest absolute Gasteiger partial charge is 0.0626 e. The fourth-order valence-electron chi connectivity index (χ4n) is 3.61. The Hall–Kier alpha value is -0.0800. The molecule has 16 heavy (non-hydrogen) atoms. The first-order valence-electron chi connectivity index (χ1n) is 6.62. The van der Waals surface area contributed by atoms with Gasteiger partial charge >= 0.3 is 0 Å². The second kappa shape index (κ2) is 4.66. The van der Waals surface area contributed by atoms with Crippen LogP contribution in [0.25, 0.3) is 0 Å². The molecule has 1 rings (SSSR count). The molecule has 2 heteroatoms. The first kappa shape index (κ1) is 14.0. The predicted octanol–water partition coefficient (Wildman–Crippen LogP) is 2.97. The summed E-state index contributed by atoms with van der Waals surface area (Å²) >= 11 is 0. The molecule has 0 spiro atoms. The largest absolute Gasteiger partial charge is 0.390 e. The summed E-state index contributed by atoms with van der Waals surface area (Å²) in [5, 5.41) is 20.6. The van der Waals surface area contributed by atoms with Crippen molar-refractivity contribution in [2.45, 2.75) is 71.5 Å². The summed E-state index contributed by atoms with van der Waals surface area (Å²) in [6, 6.07) is 0. The molecule has 1 fully saturated rings. The molecule has 2 unspecified atom stereocenters. The van der Waals surface area contributed by atoms with Crippen LogP contribution in [0.1, 0.15) is 60.3 Å². The highest BCUT2D eigenvalue weighted by Crippen LogP contribution is 2.46. The highest BCUT2D eigenvalue weighted by atomic mass is 16.3. The van der Waals surface area contributed by atoms with Crippen molar-refractivity contribution in [1.29, 1.82) is 0 Å². The Morgan fingerprint density at radius 1 is 1.00 bits per heavy atom. The van der Waals surface area contributed by atoms with Crippen LogP contribution < -0.4 is 0 Å². The van der Waals surface area contributed by atoms with E-state index in [-0.39, 0.29) is 11.8 Å². The SMILES string of the molecule is CCC1CCC[C@@H](C(C)(C)O)C1C(C)(C)O. The van der Waals surface area contributed by atoms with Gasteiger partial charge in [-0.15, -0.1) is 0 Å². The van der Waals surface area contributed by atoms with Gasteiger partial charge in [0.05, 0.1) is 11.2 Å². The van der Waals surface area contributed by atoms with E-state index in [4.69, 9.17) is 0 Å². The molecule has 2 nitrogen and oxygen atoms in total. The first-order valence-corrected chi connectivity index (χ1v) is 6.62. The van der Waals surface area contributed by atoms with Crippen LogP contribution in [-0.2, 0) is 0 Å². The van der Waals surface area contributed by atoms with E-state index in [0.717, 1.165) is 12.8 Å². The van der Waals surface area contributed by atoms with Gasteiger partial charge in [0.15, 0.2) is 0 Å². The molecule has 0 aromatic rings. The van der Waals surface area contributed by atoms with Crippen LogP contribution >= 0.6 is 0 Å². The van der Waals surface area contributed by atoms with Crippen LogP contribution in [0, 0.1) is 17.8 Å². The third-order valence-electron chi connectivity index (χ3n) is 4.28. The van der Waals surface area contributed by atoms with Gasteiger partial charge in [0.2, 0.25) is 0 Å². The maximum Gasteiger partial charge on any atom is 0.0626 e. The number of hydrogen-bond acceptors (Lipinski definition) is 2. The van der Waals surface area contributed by atoms with E-state index in [2.05, 4.69) is 6.92 Å². The fourth-order valence-corrected chi connectivity index (χ4v) is 3.61. The Labute approximate surface area is 100 Å². The highest BCUT2D eigenvalue weighted by molar-refractivity contribution is 4.96. The molecule has 0 amide bonds. The molecule has 0 radical (unpaired) electrons. The van der Waals surface area contributed by atoms with E-state index >= 15 is 0 Å². The summed E-state index contributed by atoms with van der Waals surface area (Å²) in [6.45, 7) is 9.74. The predicted molar refractivity (Wildman–Crippen MR) is 67.2 cm³/mol. The van der Waals surface area contributed by atoms with Gasteiger partial charge in [-0.1, -0.05) is 26.2 Å². The van der Waals surface area contributed by atoms with Crippen molar-refractivity contribution in [3.8, 4) is 0 Å².